The van der Waals surface area contributed by atoms with E-state index in [1.165, 1.54) is 70.6 Å². The molecule has 0 aliphatic heterocycles. The first-order chi connectivity index (χ1) is 13.9. The van der Waals surface area contributed by atoms with Gasteiger partial charge >= 0.3 is 0 Å². The van der Waals surface area contributed by atoms with Crippen LogP contribution in [0.5, 0.6) is 0 Å². The standard InChI is InChI=1S/C26H39NO/c1-2-3-4-5-6-7-8-9-10-11-12-19-24-28-27(25-20-15-13-16-21-25)26-22-17-14-18-23-26/h13-18,20-23H,2-12,19,24H2,1H3. The fourth-order valence-corrected chi connectivity index (χ4v) is 3.52. The molecule has 28 heavy (non-hydrogen) atoms. The molecule has 0 radical (unpaired) electrons. The molecule has 0 amide bonds. The lowest BCUT2D eigenvalue weighted by atomic mass is 10.1. The third-order valence-corrected chi connectivity index (χ3v) is 5.20. The highest BCUT2D eigenvalue weighted by Crippen LogP contribution is 2.25. The van der Waals surface area contributed by atoms with Crippen molar-refractivity contribution in [2.45, 2.75) is 84.0 Å². The molecule has 0 bridgehead atoms. The van der Waals surface area contributed by atoms with Gasteiger partial charge in [-0.25, -0.2) is 5.06 Å². The summed E-state index contributed by atoms with van der Waals surface area (Å²) >= 11 is 0. The Labute approximate surface area is 172 Å². The molecule has 2 aromatic rings. The zero-order valence-corrected chi connectivity index (χ0v) is 17.8. The molecule has 0 atom stereocenters. The van der Waals surface area contributed by atoms with E-state index in [2.05, 4.69) is 55.5 Å². The second-order valence-corrected chi connectivity index (χ2v) is 7.69. The molecule has 2 nitrogen and oxygen atoms in total. The second kappa shape index (κ2) is 15.2. The van der Waals surface area contributed by atoms with E-state index in [-0.39, 0.29) is 0 Å². The molecule has 0 fully saturated rings. The fourth-order valence-electron chi connectivity index (χ4n) is 3.52. The first-order valence-corrected chi connectivity index (χ1v) is 11.4. The van der Waals surface area contributed by atoms with Crippen molar-refractivity contribution in [3.8, 4) is 0 Å². The Morgan fingerprint density at radius 2 is 0.929 bits per heavy atom. The summed E-state index contributed by atoms with van der Waals surface area (Å²) in [5, 5.41) is 1.96. The molecule has 154 valence electrons. The van der Waals surface area contributed by atoms with Gasteiger partial charge in [-0.3, -0.25) is 4.84 Å². The van der Waals surface area contributed by atoms with Crippen molar-refractivity contribution in [2.24, 2.45) is 0 Å². The van der Waals surface area contributed by atoms with E-state index < -0.39 is 0 Å². The van der Waals surface area contributed by atoms with Crippen molar-refractivity contribution in [3.63, 3.8) is 0 Å². The third-order valence-electron chi connectivity index (χ3n) is 5.20. The molecular weight excluding hydrogens is 342 g/mol. The van der Waals surface area contributed by atoms with Crippen LogP contribution in [-0.2, 0) is 4.84 Å². The van der Waals surface area contributed by atoms with Crippen molar-refractivity contribution in [1.82, 2.24) is 0 Å². The van der Waals surface area contributed by atoms with Gasteiger partial charge in [0.2, 0.25) is 0 Å². The highest BCUT2D eigenvalue weighted by Gasteiger charge is 2.09. The van der Waals surface area contributed by atoms with Crippen molar-refractivity contribution in [2.75, 3.05) is 11.7 Å². The van der Waals surface area contributed by atoms with Crippen LogP contribution in [-0.4, -0.2) is 6.61 Å². The Hall–Kier alpha value is -1.80. The number of hydrogen-bond acceptors (Lipinski definition) is 2. The minimum atomic E-state index is 0.765. The van der Waals surface area contributed by atoms with Crippen molar-refractivity contribution in [3.05, 3.63) is 60.7 Å². The molecule has 0 saturated carbocycles. The summed E-state index contributed by atoms with van der Waals surface area (Å²) in [5.41, 5.74) is 2.15. The smallest absolute Gasteiger partial charge is 0.0753 e. The zero-order valence-electron chi connectivity index (χ0n) is 17.8. The van der Waals surface area contributed by atoms with Gasteiger partial charge < -0.3 is 0 Å². The van der Waals surface area contributed by atoms with Crippen LogP contribution in [0.1, 0.15) is 84.0 Å². The Kier molecular flexibility index (Phi) is 12.2. The molecule has 0 saturated heterocycles. The molecule has 0 spiro atoms. The van der Waals surface area contributed by atoms with Gasteiger partial charge in [-0.05, 0) is 30.7 Å². The quantitative estimate of drug-likeness (QED) is 0.213. The lowest BCUT2D eigenvalue weighted by molar-refractivity contribution is 0.131. The van der Waals surface area contributed by atoms with Crippen LogP contribution in [0.15, 0.2) is 60.7 Å². The summed E-state index contributed by atoms with van der Waals surface area (Å²) < 4.78 is 0. The number of unbranched alkanes of at least 4 members (excludes halogenated alkanes) is 11. The van der Waals surface area contributed by atoms with Crippen molar-refractivity contribution < 1.29 is 4.84 Å². The molecule has 2 heteroatoms. The van der Waals surface area contributed by atoms with Gasteiger partial charge in [0.15, 0.2) is 0 Å². The summed E-state index contributed by atoms with van der Waals surface area (Å²) in [6.07, 6.45) is 16.4. The average Bonchev–Trinajstić information content (AvgIpc) is 2.75. The van der Waals surface area contributed by atoms with E-state index in [9.17, 15) is 0 Å². The van der Waals surface area contributed by atoms with Crippen LogP contribution in [0, 0.1) is 0 Å². The van der Waals surface area contributed by atoms with E-state index in [4.69, 9.17) is 4.84 Å². The molecule has 2 aromatic carbocycles. The molecular formula is C26H39NO. The molecule has 0 aromatic heterocycles. The van der Waals surface area contributed by atoms with E-state index in [1.807, 2.05) is 17.2 Å². The number of nitrogens with zero attached hydrogens (tertiary/aromatic N) is 1. The van der Waals surface area contributed by atoms with Gasteiger partial charge in [0.25, 0.3) is 0 Å². The molecule has 0 aliphatic rings. The number of benzene rings is 2. The number of hydrogen-bond donors (Lipinski definition) is 0. The van der Waals surface area contributed by atoms with Gasteiger partial charge in [0.05, 0.1) is 18.0 Å². The molecule has 2 rings (SSSR count). The molecule has 0 N–H and O–H groups in total. The van der Waals surface area contributed by atoms with Gasteiger partial charge in [0.1, 0.15) is 0 Å². The highest BCUT2D eigenvalue weighted by molar-refractivity contribution is 5.59. The van der Waals surface area contributed by atoms with Crippen LogP contribution in [0.2, 0.25) is 0 Å². The van der Waals surface area contributed by atoms with Crippen LogP contribution in [0.3, 0.4) is 0 Å². The van der Waals surface area contributed by atoms with Gasteiger partial charge in [-0.15, -0.1) is 0 Å². The molecule has 0 unspecified atom stereocenters. The Balaban J connectivity index is 1.56. The first kappa shape index (κ1) is 22.5. The zero-order chi connectivity index (χ0) is 19.7. The fraction of sp³-hybridized carbons (Fsp3) is 0.538. The third kappa shape index (κ3) is 9.41. The molecule has 0 heterocycles. The summed E-state index contributed by atoms with van der Waals surface area (Å²) in [5.74, 6) is 0. The largest absolute Gasteiger partial charge is 0.269 e. The maximum Gasteiger partial charge on any atom is 0.0753 e. The predicted molar refractivity (Wildman–Crippen MR) is 122 cm³/mol. The van der Waals surface area contributed by atoms with Crippen LogP contribution in [0.25, 0.3) is 0 Å². The summed E-state index contributed by atoms with van der Waals surface area (Å²) in [4.78, 5) is 6.14. The average molecular weight is 382 g/mol. The first-order valence-electron chi connectivity index (χ1n) is 11.4. The Morgan fingerprint density at radius 3 is 1.36 bits per heavy atom. The van der Waals surface area contributed by atoms with Gasteiger partial charge in [-0.2, -0.15) is 0 Å². The summed E-state index contributed by atoms with van der Waals surface area (Å²) in [6, 6.07) is 20.7. The summed E-state index contributed by atoms with van der Waals surface area (Å²) in [7, 11) is 0. The predicted octanol–water partition coefficient (Wildman–Crippen LogP) is 8.46. The Bertz CT molecular complexity index is 544. The number of para-hydroxylation sites is 2. The van der Waals surface area contributed by atoms with Gasteiger partial charge in [0, 0.05) is 0 Å². The monoisotopic (exact) mass is 381 g/mol. The minimum Gasteiger partial charge on any atom is -0.269 e. The van der Waals surface area contributed by atoms with E-state index in [0.29, 0.717) is 0 Å². The van der Waals surface area contributed by atoms with E-state index >= 15 is 0 Å². The number of rotatable bonds is 16. The second-order valence-electron chi connectivity index (χ2n) is 7.69. The topological polar surface area (TPSA) is 12.5 Å². The maximum absolute atomic E-state index is 6.14. The SMILES string of the molecule is CCCCCCCCCCCCCCON(c1ccccc1)c1ccccc1. The normalized spacial score (nSPS) is 10.9. The maximum atomic E-state index is 6.14. The molecule has 0 aliphatic carbocycles. The van der Waals surface area contributed by atoms with E-state index in [0.717, 1.165) is 24.4 Å². The number of anilines is 2. The van der Waals surface area contributed by atoms with Crippen LogP contribution < -0.4 is 5.06 Å². The van der Waals surface area contributed by atoms with E-state index in [1.54, 1.807) is 0 Å². The highest BCUT2D eigenvalue weighted by atomic mass is 16.7. The van der Waals surface area contributed by atoms with Crippen molar-refractivity contribution >= 4 is 11.4 Å². The summed E-state index contributed by atoms with van der Waals surface area (Å²) in [6.45, 7) is 3.05. The lowest BCUT2D eigenvalue weighted by Gasteiger charge is -2.24. The lowest BCUT2D eigenvalue weighted by Crippen LogP contribution is -2.18. The Morgan fingerprint density at radius 1 is 0.536 bits per heavy atom. The van der Waals surface area contributed by atoms with Crippen LogP contribution >= 0.6 is 0 Å². The van der Waals surface area contributed by atoms with Crippen LogP contribution in [0.4, 0.5) is 11.4 Å². The minimum absolute atomic E-state index is 0.765. The van der Waals surface area contributed by atoms with Gasteiger partial charge in [-0.1, -0.05) is 114 Å². The van der Waals surface area contributed by atoms with Crippen molar-refractivity contribution in [1.29, 1.82) is 0 Å².